The Kier molecular flexibility index (Phi) is 4.32. The van der Waals surface area contributed by atoms with Gasteiger partial charge in [0, 0.05) is 0 Å². The van der Waals surface area contributed by atoms with Gasteiger partial charge in [-0.3, -0.25) is 4.79 Å². The Balaban J connectivity index is 2.16. The van der Waals surface area contributed by atoms with Gasteiger partial charge in [0.15, 0.2) is 9.84 Å². The number of sulfone groups is 1. The number of hydrogen-bond acceptors (Lipinski definition) is 4. The molecule has 1 aromatic rings. The van der Waals surface area contributed by atoms with Crippen molar-refractivity contribution in [2.75, 3.05) is 18.6 Å². The van der Waals surface area contributed by atoms with Gasteiger partial charge in [-0.2, -0.15) is 0 Å². The summed E-state index contributed by atoms with van der Waals surface area (Å²) in [4.78, 5) is 11.4. The van der Waals surface area contributed by atoms with E-state index in [1.807, 2.05) is 6.07 Å². The summed E-state index contributed by atoms with van der Waals surface area (Å²) in [5.41, 5.74) is 0.848. The Morgan fingerprint density at radius 1 is 1.50 bits per heavy atom. The predicted octanol–water partition coefficient (Wildman–Crippen LogP) is 1.37. The second-order valence-electron chi connectivity index (χ2n) is 5.16. The van der Waals surface area contributed by atoms with E-state index < -0.39 is 21.7 Å². The molecular formula is C14H18O5S. The molecule has 0 amide bonds. The lowest BCUT2D eigenvalue weighted by molar-refractivity contribution is -0.143. The Morgan fingerprint density at radius 2 is 2.25 bits per heavy atom. The molecule has 0 bridgehead atoms. The Morgan fingerprint density at radius 3 is 2.80 bits per heavy atom. The second-order valence-corrected chi connectivity index (χ2v) is 7.39. The molecule has 1 aromatic carbocycles. The molecule has 2 rings (SSSR count). The minimum absolute atomic E-state index is 0.0199. The number of ether oxygens (including phenoxy) is 1. The molecule has 1 N–H and O–H groups in total. The van der Waals surface area contributed by atoms with Crippen molar-refractivity contribution in [3.05, 3.63) is 29.8 Å². The maximum atomic E-state index is 11.5. The van der Waals surface area contributed by atoms with E-state index in [2.05, 4.69) is 0 Å². The fourth-order valence-electron chi connectivity index (χ4n) is 2.65. The van der Waals surface area contributed by atoms with E-state index in [1.165, 1.54) is 0 Å². The van der Waals surface area contributed by atoms with Crippen LogP contribution in [0.4, 0.5) is 0 Å². The van der Waals surface area contributed by atoms with Crippen LogP contribution in [0.25, 0.3) is 0 Å². The average molecular weight is 298 g/mol. The topological polar surface area (TPSA) is 80.7 Å². The number of rotatable bonds is 5. The van der Waals surface area contributed by atoms with Crippen molar-refractivity contribution >= 4 is 15.8 Å². The van der Waals surface area contributed by atoms with Crippen LogP contribution in [-0.4, -0.2) is 38.1 Å². The summed E-state index contributed by atoms with van der Waals surface area (Å²) in [7, 11) is -1.51. The zero-order chi connectivity index (χ0) is 14.8. The largest absolute Gasteiger partial charge is 0.497 e. The summed E-state index contributed by atoms with van der Waals surface area (Å²) in [5.74, 6) is -1.16. The van der Waals surface area contributed by atoms with Gasteiger partial charge in [0.1, 0.15) is 5.75 Å². The third-order valence-electron chi connectivity index (χ3n) is 3.74. The monoisotopic (exact) mass is 298 g/mol. The van der Waals surface area contributed by atoms with E-state index in [0.29, 0.717) is 18.6 Å². The first-order chi connectivity index (χ1) is 9.41. The van der Waals surface area contributed by atoms with Crippen molar-refractivity contribution in [2.24, 2.45) is 11.8 Å². The van der Waals surface area contributed by atoms with E-state index in [9.17, 15) is 18.3 Å². The molecule has 2 unspecified atom stereocenters. The van der Waals surface area contributed by atoms with Gasteiger partial charge >= 0.3 is 5.97 Å². The number of carbonyl (C=O) groups is 1. The number of benzene rings is 1. The molecule has 20 heavy (non-hydrogen) atoms. The summed E-state index contributed by atoms with van der Waals surface area (Å²) < 4.78 is 28.1. The lowest BCUT2D eigenvalue weighted by atomic mass is 9.86. The highest BCUT2D eigenvalue weighted by Crippen LogP contribution is 2.29. The minimum Gasteiger partial charge on any atom is -0.497 e. The Hall–Kier alpha value is -1.56. The quantitative estimate of drug-likeness (QED) is 0.888. The summed E-state index contributed by atoms with van der Waals surface area (Å²) in [5, 5.41) is 9.37. The normalized spacial score (nSPS) is 22.4. The molecular weight excluding hydrogens is 280 g/mol. The van der Waals surface area contributed by atoms with E-state index in [4.69, 9.17) is 4.74 Å². The zero-order valence-electron chi connectivity index (χ0n) is 11.3. The molecule has 1 aliphatic rings. The number of hydrogen-bond donors (Lipinski definition) is 1. The van der Waals surface area contributed by atoms with Gasteiger partial charge in [0.05, 0.1) is 24.5 Å². The van der Waals surface area contributed by atoms with Crippen LogP contribution in [0.3, 0.4) is 0 Å². The Labute approximate surface area is 118 Å². The summed E-state index contributed by atoms with van der Waals surface area (Å²) in [6, 6.07) is 7.22. The summed E-state index contributed by atoms with van der Waals surface area (Å²) in [6.07, 6.45) is 0.760. The van der Waals surface area contributed by atoms with Crippen molar-refractivity contribution in [3.8, 4) is 5.75 Å². The number of methoxy groups -OCH3 is 1. The molecule has 2 atom stereocenters. The van der Waals surface area contributed by atoms with Crippen LogP contribution < -0.4 is 4.74 Å². The first-order valence-electron chi connectivity index (χ1n) is 6.47. The standard InChI is InChI=1S/C14H18O5S/c1-19-12-4-2-3-10(7-12)8-13(14(15)16)11-5-6-20(17,18)9-11/h2-4,7,11,13H,5-6,8-9H2,1H3,(H,15,16). The molecule has 6 heteroatoms. The van der Waals surface area contributed by atoms with Crippen molar-refractivity contribution < 1.29 is 23.1 Å². The van der Waals surface area contributed by atoms with Crippen LogP contribution in [0, 0.1) is 11.8 Å². The highest BCUT2D eigenvalue weighted by Gasteiger charge is 2.37. The minimum atomic E-state index is -3.07. The average Bonchev–Trinajstić information content (AvgIpc) is 2.76. The molecule has 0 spiro atoms. The van der Waals surface area contributed by atoms with Crippen molar-refractivity contribution in [1.29, 1.82) is 0 Å². The number of carboxylic acid groups (broad SMARTS) is 1. The molecule has 1 fully saturated rings. The zero-order valence-corrected chi connectivity index (χ0v) is 12.1. The predicted molar refractivity (Wildman–Crippen MR) is 74.6 cm³/mol. The maximum absolute atomic E-state index is 11.5. The lowest BCUT2D eigenvalue weighted by Crippen LogP contribution is -2.26. The number of carboxylic acids is 1. The van der Waals surface area contributed by atoms with Crippen LogP contribution in [0.5, 0.6) is 5.75 Å². The van der Waals surface area contributed by atoms with Gasteiger partial charge in [0.25, 0.3) is 0 Å². The molecule has 1 heterocycles. The van der Waals surface area contributed by atoms with E-state index in [1.54, 1.807) is 25.3 Å². The highest BCUT2D eigenvalue weighted by atomic mass is 32.2. The lowest BCUT2D eigenvalue weighted by Gasteiger charge is -2.18. The van der Waals surface area contributed by atoms with Gasteiger partial charge in [0.2, 0.25) is 0 Å². The van der Waals surface area contributed by atoms with Crippen LogP contribution in [-0.2, 0) is 21.1 Å². The van der Waals surface area contributed by atoms with Gasteiger partial charge < -0.3 is 9.84 Å². The molecule has 5 nitrogen and oxygen atoms in total. The van der Waals surface area contributed by atoms with E-state index in [-0.39, 0.29) is 17.4 Å². The smallest absolute Gasteiger partial charge is 0.307 e. The molecule has 110 valence electrons. The van der Waals surface area contributed by atoms with Gasteiger partial charge in [-0.15, -0.1) is 0 Å². The SMILES string of the molecule is COc1cccc(CC(C(=O)O)C2CCS(=O)(=O)C2)c1. The second kappa shape index (κ2) is 5.83. The van der Waals surface area contributed by atoms with Crippen LogP contribution >= 0.6 is 0 Å². The maximum Gasteiger partial charge on any atom is 0.307 e. The van der Waals surface area contributed by atoms with Gasteiger partial charge in [-0.25, -0.2) is 8.42 Å². The fourth-order valence-corrected chi connectivity index (χ4v) is 4.53. The third kappa shape index (κ3) is 3.50. The molecule has 1 saturated heterocycles. The number of aliphatic carboxylic acids is 1. The van der Waals surface area contributed by atoms with Crippen molar-refractivity contribution in [1.82, 2.24) is 0 Å². The Bertz CT molecular complexity index is 593. The molecule has 0 aromatic heterocycles. The van der Waals surface area contributed by atoms with Crippen molar-refractivity contribution in [2.45, 2.75) is 12.8 Å². The third-order valence-corrected chi connectivity index (χ3v) is 5.54. The molecule has 0 saturated carbocycles. The molecule has 1 aliphatic heterocycles. The first kappa shape index (κ1) is 14.8. The summed E-state index contributed by atoms with van der Waals surface area (Å²) in [6.45, 7) is 0. The highest BCUT2D eigenvalue weighted by molar-refractivity contribution is 7.91. The molecule has 0 aliphatic carbocycles. The molecule has 0 radical (unpaired) electrons. The van der Waals surface area contributed by atoms with Crippen LogP contribution in [0.2, 0.25) is 0 Å². The van der Waals surface area contributed by atoms with Gasteiger partial charge in [-0.1, -0.05) is 12.1 Å². The first-order valence-corrected chi connectivity index (χ1v) is 8.29. The van der Waals surface area contributed by atoms with Crippen LogP contribution in [0.1, 0.15) is 12.0 Å². The summed E-state index contributed by atoms with van der Waals surface area (Å²) >= 11 is 0. The van der Waals surface area contributed by atoms with Crippen molar-refractivity contribution in [3.63, 3.8) is 0 Å². The van der Waals surface area contributed by atoms with Crippen LogP contribution in [0.15, 0.2) is 24.3 Å². The van der Waals surface area contributed by atoms with Gasteiger partial charge in [-0.05, 0) is 36.5 Å². The fraction of sp³-hybridized carbons (Fsp3) is 0.500. The van der Waals surface area contributed by atoms with E-state index in [0.717, 1.165) is 5.56 Å². The van der Waals surface area contributed by atoms with E-state index >= 15 is 0 Å².